The number of nitrogens with one attached hydrogen (secondary N) is 1. The molecular formula is C13H14Cl2N2O4. The molecule has 0 spiro atoms. The van der Waals surface area contributed by atoms with Crippen LogP contribution in [0.25, 0.3) is 0 Å². The molecule has 0 aromatic heterocycles. The standard InChI is InChI=1S/C13H14Cl2N2O4/c14-8-2-1-7(9(15)6-8)5-10(13(16)21)17-11(18)3-4-12(19)20/h1-2,6,10H,3-5H2,(H2,16,21)(H,17,18)(H,19,20)/t10-/m0/s1. The molecule has 0 unspecified atom stereocenters. The smallest absolute Gasteiger partial charge is 0.303 e. The molecule has 4 N–H and O–H groups in total. The van der Waals surface area contributed by atoms with Gasteiger partial charge in [-0.05, 0) is 17.7 Å². The fraction of sp³-hybridized carbons (Fsp3) is 0.308. The average molecular weight is 333 g/mol. The van der Waals surface area contributed by atoms with Gasteiger partial charge in [-0.2, -0.15) is 0 Å². The van der Waals surface area contributed by atoms with E-state index >= 15 is 0 Å². The number of benzene rings is 1. The third-order valence-electron chi connectivity index (χ3n) is 2.68. The van der Waals surface area contributed by atoms with Gasteiger partial charge >= 0.3 is 5.97 Å². The van der Waals surface area contributed by atoms with Gasteiger partial charge in [-0.1, -0.05) is 29.3 Å². The summed E-state index contributed by atoms with van der Waals surface area (Å²) in [5, 5.41) is 11.7. The topological polar surface area (TPSA) is 109 Å². The van der Waals surface area contributed by atoms with Crippen molar-refractivity contribution in [3.63, 3.8) is 0 Å². The Balaban J connectivity index is 2.71. The van der Waals surface area contributed by atoms with Crippen LogP contribution in [0.1, 0.15) is 18.4 Å². The highest BCUT2D eigenvalue weighted by atomic mass is 35.5. The third-order valence-corrected chi connectivity index (χ3v) is 3.27. The maximum atomic E-state index is 11.6. The van der Waals surface area contributed by atoms with Crippen LogP contribution in [0.5, 0.6) is 0 Å². The molecule has 0 saturated heterocycles. The molecule has 6 nitrogen and oxygen atoms in total. The molecular weight excluding hydrogens is 319 g/mol. The molecule has 1 atom stereocenters. The summed E-state index contributed by atoms with van der Waals surface area (Å²) in [4.78, 5) is 33.3. The molecule has 0 heterocycles. The van der Waals surface area contributed by atoms with Crippen LogP contribution in [0, 0.1) is 0 Å². The van der Waals surface area contributed by atoms with Gasteiger partial charge in [-0.25, -0.2) is 0 Å². The summed E-state index contributed by atoms with van der Waals surface area (Å²) in [6.07, 6.45) is -0.448. The number of carbonyl (C=O) groups is 3. The lowest BCUT2D eigenvalue weighted by molar-refractivity contribution is -0.139. The Bertz CT molecular complexity index is 563. The number of carboxylic acid groups (broad SMARTS) is 1. The fourth-order valence-corrected chi connectivity index (χ4v) is 2.10. The first-order valence-electron chi connectivity index (χ1n) is 6.04. The molecule has 0 bridgehead atoms. The van der Waals surface area contributed by atoms with Crippen LogP contribution < -0.4 is 11.1 Å². The van der Waals surface area contributed by atoms with Gasteiger partial charge in [0.25, 0.3) is 0 Å². The Morgan fingerprint density at radius 3 is 2.43 bits per heavy atom. The van der Waals surface area contributed by atoms with Gasteiger partial charge in [0.05, 0.1) is 6.42 Å². The predicted molar refractivity (Wildman–Crippen MR) is 78.2 cm³/mol. The quantitative estimate of drug-likeness (QED) is 0.700. The monoisotopic (exact) mass is 332 g/mol. The maximum Gasteiger partial charge on any atom is 0.303 e. The summed E-state index contributed by atoms with van der Waals surface area (Å²) >= 11 is 11.8. The molecule has 1 aromatic rings. The first kappa shape index (κ1) is 17.3. The number of carboxylic acids is 1. The van der Waals surface area contributed by atoms with Crippen molar-refractivity contribution in [3.8, 4) is 0 Å². The Morgan fingerprint density at radius 1 is 1.24 bits per heavy atom. The number of hydrogen-bond acceptors (Lipinski definition) is 3. The van der Waals surface area contributed by atoms with Crippen molar-refractivity contribution in [1.29, 1.82) is 0 Å². The number of nitrogens with two attached hydrogens (primary N) is 1. The fourth-order valence-electron chi connectivity index (χ4n) is 1.62. The average Bonchev–Trinajstić information content (AvgIpc) is 2.38. The summed E-state index contributed by atoms with van der Waals surface area (Å²) < 4.78 is 0. The van der Waals surface area contributed by atoms with Crippen molar-refractivity contribution in [2.45, 2.75) is 25.3 Å². The van der Waals surface area contributed by atoms with Crippen LogP contribution in [-0.2, 0) is 20.8 Å². The molecule has 0 aliphatic carbocycles. The van der Waals surface area contributed by atoms with E-state index in [0.717, 1.165) is 0 Å². The van der Waals surface area contributed by atoms with Crippen LogP contribution in [-0.4, -0.2) is 28.9 Å². The number of primary amides is 1. The minimum atomic E-state index is -1.10. The van der Waals surface area contributed by atoms with E-state index < -0.39 is 23.8 Å². The normalized spacial score (nSPS) is 11.7. The van der Waals surface area contributed by atoms with E-state index in [0.29, 0.717) is 15.6 Å². The van der Waals surface area contributed by atoms with Gasteiger partial charge in [-0.15, -0.1) is 0 Å². The van der Waals surface area contributed by atoms with Crippen LogP contribution >= 0.6 is 23.2 Å². The zero-order chi connectivity index (χ0) is 16.0. The van der Waals surface area contributed by atoms with Crippen molar-refractivity contribution in [3.05, 3.63) is 33.8 Å². The van der Waals surface area contributed by atoms with Crippen LogP contribution in [0.4, 0.5) is 0 Å². The highest BCUT2D eigenvalue weighted by molar-refractivity contribution is 6.35. The molecule has 21 heavy (non-hydrogen) atoms. The van der Waals surface area contributed by atoms with Crippen molar-refractivity contribution < 1.29 is 19.5 Å². The van der Waals surface area contributed by atoms with E-state index in [1.807, 2.05) is 0 Å². The van der Waals surface area contributed by atoms with Gasteiger partial charge < -0.3 is 16.2 Å². The Morgan fingerprint density at radius 2 is 1.90 bits per heavy atom. The lowest BCUT2D eigenvalue weighted by Crippen LogP contribution is -2.45. The minimum absolute atomic E-state index is 0.101. The second-order valence-corrected chi connectivity index (χ2v) is 5.20. The molecule has 1 aromatic carbocycles. The van der Waals surface area contributed by atoms with E-state index in [1.165, 1.54) is 6.07 Å². The van der Waals surface area contributed by atoms with Crippen molar-refractivity contribution in [2.24, 2.45) is 5.73 Å². The Kier molecular flexibility index (Phi) is 6.45. The van der Waals surface area contributed by atoms with Gasteiger partial charge in [0.2, 0.25) is 11.8 Å². The highest BCUT2D eigenvalue weighted by Gasteiger charge is 2.20. The van der Waals surface area contributed by atoms with Crippen molar-refractivity contribution >= 4 is 41.0 Å². The number of halogens is 2. The maximum absolute atomic E-state index is 11.6. The second kappa shape index (κ2) is 7.85. The highest BCUT2D eigenvalue weighted by Crippen LogP contribution is 2.22. The first-order chi connectivity index (χ1) is 9.79. The summed E-state index contributed by atoms with van der Waals surface area (Å²) in [6, 6.07) is 3.78. The molecule has 0 radical (unpaired) electrons. The molecule has 0 aliphatic rings. The molecule has 1 rings (SSSR count). The van der Waals surface area contributed by atoms with E-state index in [2.05, 4.69) is 5.32 Å². The summed E-state index contributed by atoms with van der Waals surface area (Å²) in [6.45, 7) is 0. The van der Waals surface area contributed by atoms with Gasteiger partial charge in [-0.3, -0.25) is 14.4 Å². The zero-order valence-electron chi connectivity index (χ0n) is 10.9. The summed E-state index contributed by atoms with van der Waals surface area (Å²) in [7, 11) is 0. The number of aliphatic carboxylic acids is 1. The molecule has 8 heteroatoms. The number of hydrogen-bond donors (Lipinski definition) is 3. The van der Waals surface area contributed by atoms with Crippen LogP contribution in [0.2, 0.25) is 10.0 Å². The zero-order valence-corrected chi connectivity index (χ0v) is 12.4. The van der Waals surface area contributed by atoms with Crippen molar-refractivity contribution in [2.75, 3.05) is 0 Å². The minimum Gasteiger partial charge on any atom is -0.481 e. The van der Waals surface area contributed by atoms with Gasteiger partial charge in [0.15, 0.2) is 0 Å². The summed E-state index contributed by atoms with van der Waals surface area (Å²) in [5.74, 6) is -2.39. The molecule has 0 saturated carbocycles. The number of rotatable bonds is 7. The van der Waals surface area contributed by atoms with Gasteiger partial charge in [0, 0.05) is 22.9 Å². The lowest BCUT2D eigenvalue weighted by atomic mass is 10.0. The van der Waals surface area contributed by atoms with Crippen LogP contribution in [0.3, 0.4) is 0 Å². The van der Waals surface area contributed by atoms with E-state index in [-0.39, 0.29) is 19.3 Å². The number of amides is 2. The van der Waals surface area contributed by atoms with E-state index in [1.54, 1.807) is 12.1 Å². The first-order valence-corrected chi connectivity index (χ1v) is 6.79. The summed E-state index contributed by atoms with van der Waals surface area (Å²) in [5.41, 5.74) is 5.83. The molecule has 0 fully saturated rings. The molecule has 0 aliphatic heterocycles. The van der Waals surface area contributed by atoms with Crippen LogP contribution in [0.15, 0.2) is 18.2 Å². The van der Waals surface area contributed by atoms with Gasteiger partial charge in [0.1, 0.15) is 6.04 Å². The Hall–Kier alpha value is -1.79. The molecule has 2 amide bonds. The van der Waals surface area contributed by atoms with Crippen molar-refractivity contribution in [1.82, 2.24) is 5.32 Å². The van der Waals surface area contributed by atoms with E-state index in [9.17, 15) is 14.4 Å². The molecule has 114 valence electrons. The SMILES string of the molecule is NC(=O)[C@H](Cc1ccc(Cl)cc1Cl)NC(=O)CCC(=O)O. The largest absolute Gasteiger partial charge is 0.481 e. The lowest BCUT2D eigenvalue weighted by Gasteiger charge is -2.16. The number of carbonyl (C=O) groups excluding carboxylic acids is 2. The Labute approximate surface area is 131 Å². The third kappa shape index (κ3) is 6.01. The predicted octanol–water partition coefficient (Wildman–Crippen LogP) is 1.37. The second-order valence-electron chi connectivity index (χ2n) is 4.36. The van der Waals surface area contributed by atoms with E-state index in [4.69, 9.17) is 34.0 Å².